The van der Waals surface area contributed by atoms with Crippen molar-refractivity contribution in [1.82, 2.24) is 0 Å². The van der Waals surface area contributed by atoms with Crippen molar-refractivity contribution in [2.45, 2.75) is 6.92 Å². The van der Waals surface area contributed by atoms with Gasteiger partial charge in [0.15, 0.2) is 0 Å². The van der Waals surface area contributed by atoms with Gasteiger partial charge in [0.05, 0.1) is 0 Å². The molecule has 28 heavy (non-hydrogen) atoms. The Morgan fingerprint density at radius 3 is 1.68 bits per heavy atom. The Hall–Kier alpha value is -3.65. The van der Waals surface area contributed by atoms with E-state index in [1.165, 1.54) is 12.5 Å². The van der Waals surface area contributed by atoms with Crippen LogP contribution in [0.4, 0.5) is 0 Å². The summed E-state index contributed by atoms with van der Waals surface area (Å²) in [4.78, 5) is 9.60. The van der Waals surface area contributed by atoms with Crippen LogP contribution in [0.3, 0.4) is 0 Å². The number of benzene rings is 2. The lowest BCUT2D eigenvalue weighted by Gasteiger charge is -1.96. The summed E-state index contributed by atoms with van der Waals surface area (Å²) in [5.74, 6) is -0.935. The molecule has 0 spiro atoms. The topological polar surface area (TPSA) is 37.3 Å². The molecular formula is C26H28O2. The fourth-order valence-electron chi connectivity index (χ4n) is 1.76. The first-order valence-corrected chi connectivity index (χ1v) is 8.69. The molecule has 1 N–H and O–H groups in total. The Kier molecular flexibility index (Phi) is 13.6. The standard InChI is InChI=1S/C12H12.C10H10.C4H6O2/c1-2-3-4-6-9-12-10-7-5-8-11-12;1-3-9-7-5-6-8-10(9)4-2;1-3(2)4(5)6/h2-11H,1H2;3-8H,1-2H2;1H2,2H3,(H,5,6). The quantitative estimate of drug-likeness (QED) is 0.435. The summed E-state index contributed by atoms with van der Waals surface area (Å²) in [6.07, 6.45) is 13.3. The third-order valence-corrected chi connectivity index (χ3v) is 3.25. The van der Waals surface area contributed by atoms with Gasteiger partial charge >= 0.3 is 5.97 Å². The SMILES string of the molecule is C=C(C)C(=O)O.C=CC=CC=Cc1ccccc1.C=Cc1ccccc1C=C. The second kappa shape index (κ2) is 15.6. The molecule has 2 rings (SSSR count). The summed E-state index contributed by atoms with van der Waals surface area (Å²) in [6.45, 7) is 15.6. The van der Waals surface area contributed by atoms with Crippen LogP contribution in [-0.2, 0) is 4.79 Å². The van der Waals surface area contributed by atoms with Gasteiger partial charge < -0.3 is 5.11 Å². The monoisotopic (exact) mass is 372 g/mol. The van der Waals surface area contributed by atoms with Crippen LogP contribution in [0, 0.1) is 0 Å². The van der Waals surface area contributed by atoms with Crippen LogP contribution in [0.5, 0.6) is 0 Å². The van der Waals surface area contributed by atoms with Gasteiger partial charge in [-0.2, -0.15) is 0 Å². The van der Waals surface area contributed by atoms with Gasteiger partial charge in [0.25, 0.3) is 0 Å². The second-order valence-corrected chi connectivity index (χ2v) is 5.51. The van der Waals surface area contributed by atoms with Crippen molar-refractivity contribution in [3.8, 4) is 0 Å². The van der Waals surface area contributed by atoms with Gasteiger partial charge in [0, 0.05) is 5.57 Å². The van der Waals surface area contributed by atoms with Gasteiger partial charge in [0.2, 0.25) is 0 Å². The van der Waals surface area contributed by atoms with Crippen molar-refractivity contribution in [3.05, 3.63) is 127 Å². The molecule has 2 nitrogen and oxygen atoms in total. The van der Waals surface area contributed by atoms with Crippen LogP contribution >= 0.6 is 0 Å². The van der Waals surface area contributed by atoms with E-state index in [1.54, 1.807) is 6.08 Å². The van der Waals surface area contributed by atoms with Crippen LogP contribution in [0.2, 0.25) is 0 Å². The molecule has 0 bridgehead atoms. The summed E-state index contributed by atoms with van der Waals surface area (Å²) in [6, 6.07) is 18.2. The summed E-state index contributed by atoms with van der Waals surface area (Å²) in [7, 11) is 0. The average Bonchev–Trinajstić information content (AvgIpc) is 2.72. The number of aliphatic carboxylic acids is 1. The maximum absolute atomic E-state index is 9.60. The van der Waals surface area contributed by atoms with Crippen LogP contribution in [0.25, 0.3) is 18.2 Å². The van der Waals surface area contributed by atoms with Crippen molar-refractivity contribution in [2.75, 3.05) is 0 Å². The Bertz CT molecular complexity index is 786. The van der Waals surface area contributed by atoms with E-state index < -0.39 is 5.97 Å². The molecular weight excluding hydrogens is 344 g/mol. The van der Waals surface area contributed by atoms with Crippen molar-refractivity contribution in [2.24, 2.45) is 0 Å². The van der Waals surface area contributed by atoms with Crippen LogP contribution in [-0.4, -0.2) is 11.1 Å². The van der Waals surface area contributed by atoms with Crippen molar-refractivity contribution in [1.29, 1.82) is 0 Å². The highest BCUT2D eigenvalue weighted by molar-refractivity contribution is 5.84. The van der Waals surface area contributed by atoms with Crippen molar-refractivity contribution >= 4 is 24.2 Å². The first kappa shape index (κ1) is 24.4. The molecule has 0 aliphatic heterocycles. The zero-order valence-electron chi connectivity index (χ0n) is 16.4. The normalized spacial score (nSPS) is 9.46. The number of carboxylic acids is 1. The first-order chi connectivity index (χ1) is 13.5. The van der Waals surface area contributed by atoms with Gasteiger partial charge in [-0.25, -0.2) is 4.79 Å². The minimum absolute atomic E-state index is 0.176. The number of hydrogen-bond acceptors (Lipinski definition) is 1. The molecule has 0 aromatic heterocycles. The molecule has 0 fully saturated rings. The van der Waals surface area contributed by atoms with Crippen LogP contribution in [0.15, 0.2) is 111 Å². The molecule has 144 valence electrons. The van der Waals surface area contributed by atoms with Gasteiger partial charge in [-0.3, -0.25) is 0 Å². The lowest BCUT2D eigenvalue weighted by Crippen LogP contribution is -1.92. The van der Waals surface area contributed by atoms with Crippen molar-refractivity contribution < 1.29 is 9.90 Å². The second-order valence-electron chi connectivity index (χ2n) is 5.51. The van der Waals surface area contributed by atoms with Gasteiger partial charge in [-0.15, -0.1) is 0 Å². The van der Waals surface area contributed by atoms with E-state index in [9.17, 15) is 4.79 Å². The molecule has 0 heterocycles. The van der Waals surface area contributed by atoms with Crippen molar-refractivity contribution in [3.63, 3.8) is 0 Å². The molecule has 0 radical (unpaired) electrons. The zero-order chi connectivity index (χ0) is 21.2. The largest absolute Gasteiger partial charge is 0.478 e. The molecule has 0 atom stereocenters. The third kappa shape index (κ3) is 11.8. The fraction of sp³-hybridized carbons (Fsp3) is 0.0385. The summed E-state index contributed by atoms with van der Waals surface area (Å²) < 4.78 is 0. The van der Waals surface area contributed by atoms with Crippen LogP contribution < -0.4 is 0 Å². The average molecular weight is 373 g/mol. The summed E-state index contributed by atoms with van der Waals surface area (Å²) in [5, 5.41) is 7.89. The molecule has 0 saturated heterocycles. The molecule has 2 heteroatoms. The predicted octanol–water partition coefficient (Wildman–Crippen LogP) is 7.06. The lowest BCUT2D eigenvalue weighted by atomic mass is 10.1. The van der Waals surface area contributed by atoms with E-state index in [4.69, 9.17) is 5.11 Å². The summed E-state index contributed by atoms with van der Waals surface area (Å²) >= 11 is 0. The Morgan fingerprint density at radius 2 is 1.29 bits per heavy atom. The highest BCUT2D eigenvalue weighted by Crippen LogP contribution is 2.10. The fourth-order valence-corrected chi connectivity index (χ4v) is 1.76. The maximum Gasteiger partial charge on any atom is 0.330 e. The van der Waals surface area contributed by atoms with E-state index in [1.807, 2.05) is 72.8 Å². The number of carbonyl (C=O) groups is 1. The van der Waals surface area contributed by atoms with E-state index in [0.29, 0.717) is 0 Å². The Balaban J connectivity index is 0.000000414. The lowest BCUT2D eigenvalue weighted by molar-refractivity contribution is -0.132. The number of allylic oxidation sites excluding steroid dienone is 4. The third-order valence-electron chi connectivity index (χ3n) is 3.25. The molecule has 0 unspecified atom stereocenters. The zero-order valence-corrected chi connectivity index (χ0v) is 16.4. The van der Waals surface area contributed by atoms with E-state index in [0.717, 1.165) is 11.1 Å². The number of hydrogen-bond donors (Lipinski definition) is 1. The molecule has 0 saturated carbocycles. The minimum atomic E-state index is -0.935. The highest BCUT2D eigenvalue weighted by Gasteiger charge is 1.90. The van der Waals surface area contributed by atoms with Gasteiger partial charge in [-0.05, 0) is 23.6 Å². The molecule has 0 aliphatic rings. The van der Waals surface area contributed by atoms with Gasteiger partial charge in [0.1, 0.15) is 0 Å². The predicted molar refractivity (Wildman–Crippen MR) is 124 cm³/mol. The van der Waals surface area contributed by atoms with Gasteiger partial charge in [-0.1, -0.05) is 123 Å². The van der Waals surface area contributed by atoms with E-state index in [-0.39, 0.29) is 5.57 Å². The minimum Gasteiger partial charge on any atom is -0.478 e. The molecule has 0 aliphatic carbocycles. The number of carboxylic acid groups (broad SMARTS) is 1. The molecule has 0 amide bonds. The van der Waals surface area contributed by atoms with E-state index >= 15 is 0 Å². The number of rotatable bonds is 6. The summed E-state index contributed by atoms with van der Waals surface area (Å²) in [5.41, 5.74) is 3.66. The smallest absolute Gasteiger partial charge is 0.330 e. The van der Waals surface area contributed by atoms with Crippen LogP contribution in [0.1, 0.15) is 23.6 Å². The molecule has 2 aromatic carbocycles. The Morgan fingerprint density at radius 1 is 0.821 bits per heavy atom. The maximum atomic E-state index is 9.60. The Labute approximate surface area is 168 Å². The first-order valence-electron chi connectivity index (χ1n) is 8.69. The highest BCUT2D eigenvalue weighted by atomic mass is 16.4. The molecule has 2 aromatic rings. The van der Waals surface area contributed by atoms with E-state index in [2.05, 4.69) is 44.5 Å².